The fraction of sp³-hybridized carbons (Fsp3) is 0.923. The zero-order chi connectivity index (χ0) is 12.8. The van der Waals surface area contributed by atoms with Crippen molar-refractivity contribution in [3.05, 3.63) is 0 Å². The van der Waals surface area contributed by atoms with Crippen molar-refractivity contribution in [2.45, 2.75) is 59.5 Å². The summed E-state index contributed by atoms with van der Waals surface area (Å²) in [6.45, 7) is 8.15. The van der Waals surface area contributed by atoms with Crippen LogP contribution < -0.4 is 0 Å². The van der Waals surface area contributed by atoms with Crippen LogP contribution in [-0.4, -0.2) is 24.3 Å². The SMILES string of the molecule is CCCC(CCC)C(C)(C)C(O)C(=O)OC. The van der Waals surface area contributed by atoms with Gasteiger partial charge in [0.15, 0.2) is 6.10 Å². The van der Waals surface area contributed by atoms with Gasteiger partial charge in [0, 0.05) is 5.41 Å². The third-order valence-corrected chi connectivity index (χ3v) is 3.46. The summed E-state index contributed by atoms with van der Waals surface area (Å²) in [7, 11) is 1.32. The van der Waals surface area contributed by atoms with Gasteiger partial charge in [-0.15, -0.1) is 0 Å². The van der Waals surface area contributed by atoms with Crippen molar-refractivity contribution in [2.24, 2.45) is 11.3 Å². The minimum atomic E-state index is -1.03. The lowest BCUT2D eigenvalue weighted by Gasteiger charge is -2.37. The smallest absolute Gasteiger partial charge is 0.335 e. The van der Waals surface area contributed by atoms with Crippen molar-refractivity contribution >= 4 is 5.97 Å². The molecule has 0 aliphatic rings. The van der Waals surface area contributed by atoms with E-state index < -0.39 is 17.5 Å². The van der Waals surface area contributed by atoms with E-state index in [4.69, 9.17) is 0 Å². The summed E-state index contributed by atoms with van der Waals surface area (Å²) in [5.41, 5.74) is -0.418. The van der Waals surface area contributed by atoms with Crippen LogP contribution in [0.15, 0.2) is 0 Å². The molecule has 0 amide bonds. The Balaban J connectivity index is 4.73. The maximum atomic E-state index is 11.4. The van der Waals surface area contributed by atoms with Crippen LogP contribution in [-0.2, 0) is 9.53 Å². The number of hydrogen-bond donors (Lipinski definition) is 1. The topological polar surface area (TPSA) is 46.5 Å². The highest BCUT2D eigenvalue weighted by Gasteiger charge is 2.39. The Morgan fingerprint density at radius 3 is 2.00 bits per heavy atom. The summed E-state index contributed by atoms with van der Waals surface area (Å²) < 4.78 is 4.62. The van der Waals surface area contributed by atoms with Crippen LogP contribution in [0.4, 0.5) is 0 Å². The minimum absolute atomic E-state index is 0.358. The molecule has 0 radical (unpaired) electrons. The number of rotatable bonds is 7. The molecule has 96 valence electrons. The van der Waals surface area contributed by atoms with Gasteiger partial charge in [0.2, 0.25) is 0 Å². The lowest BCUT2D eigenvalue weighted by molar-refractivity contribution is -0.159. The molecule has 0 spiro atoms. The summed E-state index contributed by atoms with van der Waals surface area (Å²) in [4.78, 5) is 11.4. The summed E-state index contributed by atoms with van der Waals surface area (Å²) in [5, 5.41) is 9.99. The second-order valence-corrected chi connectivity index (χ2v) is 5.02. The van der Waals surface area contributed by atoms with E-state index in [9.17, 15) is 9.90 Å². The van der Waals surface area contributed by atoms with Gasteiger partial charge in [-0.1, -0.05) is 53.4 Å². The first-order valence-electron chi connectivity index (χ1n) is 6.17. The van der Waals surface area contributed by atoms with E-state index in [1.165, 1.54) is 7.11 Å². The Hall–Kier alpha value is -0.570. The van der Waals surface area contributed by atoms with Crippen LogP contribution in [0, 0.1) is 11.3 Å². The largest absolute Gasteiger partial charge is 0.467 e. The molecule has 1 unspecified atom stereocenters. The van der Waals surface area contributed by atoms with Crippen LogP contribution >= 0.6 is 0 Å². The fourth-order valence-electron chi connectivity index (χ4n) is 2.22. The Morgan fingerprint density at radius 2 is 1.69 bits per heavy atom. The highest BCUT2D eigenvalue weighted by atomic mass is 16.5. The predicted molar refractivity (Wildman–Crippen MR) is 65.1 cm³/mol. The molecule has 0 heterocycles. The molecule has 0 fully saturated rings. The third-order valence-electron chi connectivity index (χ3n) is 3.46. The molecule has 0 aliphatic heterocycles. The lowest BCUT2D eigenvalue weighted by atomic mass is 9.70. The summed E-state index contributed by atoms with van der Waals surface area (Å²) >= 11 is 0. The average molecular weight is 230 g/mol. The molecule has 0 saturated carbocycles. The van der Waals surface area contributed by atoms with Crippen molar-refractivity contribution in [2.75, 3.05) is 7.11 Å². The molecule has 0 saturated heterocycles. The lowest BCUT2D eigenvalue weighted by Crippen LogP contribution is -2.42. The molecule has 0 aromatic rings. The van der Waals surface area contributed by atoms with Crippen LogP contribution in [0.3, 0.4) is 0 Å². The van der Waals surface area contributed by atoms with E-state index in [1.807, 2.05) is 13.8 Å². The van der Waals surface area contributed by atoms with E-state index in [2.05, 4.69) is 18.6 Å². The molecule has 1 N–H and O–H groups in total. The van der Waals surface area contributed by atoms with Crippen molar-refractivity contribution in [1.29, 1.82) is 0 Å². The Kier molecular flexibility index (Phi) is 6.65. The first-order chi connectivity index (χ1) is 7.41. The third kappa shape index (κ3) is 3.78. The number of hydrogen-bond acceptors (Lipinski definition) is 3. The van der Waals surface area contributed by atoms with Gasteiger partial charge in [-0.05, 0) is 5.92 Å². The Bertz CT molecular complexity index is 205. The molecule has 16 heavy (non-hydrogen) atoms. The zero-order valence-corrected chi connectivity index (χ0v) is 11.2. The summed E-state index contributed by atoms with van der Waals surface area (Å²) in [6.07, 6.45) is 3.19. The maximum absolute atomic E-state index is 11.4. The average Bonchev–Trinajstić information content (AvgIpc) is 2.26. The molecule has 0 aromatic carbocycles. The second-order valence-electron chi connectivity index (χ2n) is 5.02. The first kappa shape index (κ1) is 15.4. The molecular formula is C13H26O3. The van der Waals surface area contributed by atoms with Gasteiger partial charge in [0.25, 0.3) is 0 Å². The number of carbonyl (C=O) groups excluding carboxylic acids is 1. The number of aliphatic hydroxyl groups is 1. The van der Waals surface area contributed by atoms with Crippen molar-refractivity contribution in [3.63, 3.8) is 0 Å². The normalized spacial score (nSPS) is 13.9. The monoisotopic (exact) mass is 230 g/mol. The quantitative estimate of drug-likeness (QED) is 0.684. The van der Waals surface area contributed by atoms with Crippen LogP contribution in [0.2, 0.25) is 0 Å². The number of methoxy groups -OCH3 is 1. The molecule has 0 aromatic heterocycles. The van der Waals surface area contributed by atoms with Gasteiger partial charge < -0.3 is 9.84 Å². The summed E-state index contributed by atoms with van der Waals surface area (Å²) in [6, 6.07) is 0. The van der Waals surface area contributed by atoms with Gasteiger partial charge in [0.1, 0.15) is 0 Å². The van der Waals surface area contributed by atoms with E-state index >= 15 is 0 Å². The number of ether oxygens (including phenoxy) is 1. The van der Waals surface area contributed by atoms with Crippen LogP contribution in [0.1, 0.15) is 53.4 Å². The molecule has 0 aliphatic carbocycles. The van der Waals surface area contributed by atoms with Crippen molar-refractivity contribution in [3.8, 4) is 0 Å². The fourth-order valence-corrected chi connectivity index (χ4v) is 2.22. The van der Waals surface area contributed by atoms with Crippen LogP contribution in [0.25, 0.3) is 0 Å². The molecule has 1 atom stereocenters. The molecule has 3 nitrogen and oxygen atoms in total. The number of carbonyl (C=O) groups is 1. The first-order valence-corrected chi connectivity index (χ1v) is 6.17. The summed E-state index contributed by atoms with van der Waals surface area (Å²) in [5.74, 6) is -0.168. The highest BCUT2D eigenvalue weighted by molar-refractivity contribution is 5.75. The number of aliphatic hydroxyl groups excluding tert-OH is 1. The Labute approximate surface area is 99.2 Å². The van der Waals surface area contributed by atoms with E-state index in [-0.39, 0.29) is 0 Å². The van der Waals surface area contributed by atoms with Gasteiger partial charge in [-0.2, -0.15) is 0 Å². The van der Waals surface area contributed by atoms with Gasteiger partial charge in [-0.3, -0.25) is 0 Å². The van der Waals surface area contributed by atoms with E-state index in [1.54, 1.807) is 0 Å². The molecule has 3 heteroatoms. The Morgan fingerprint density at radius 1 is 1.25 bits per heavy atom. The van der Waals surface area contributed by atoms with Crippen molar-refractivity contribution < 1.29 is 14.6 Å². The molecule has 0 rings (SSSR count). The van der Waals surface area contributed by atoms with Crippen LogP contribution in [0.5, 0.6) is 0 Å². The molecular weight excluding hydrogens is 204 g/mol. The maximum Gasteiger partial charge on any atom is 0.335 e. The number of esters is 1. The van der Waals surface area contributed by atoms with E-state index in [0.717, 1.165) is 25.7 Å². The van der Waals surface area contributed by atoms with Gasteiger partial charge in [0.05, 0.1) is 7.11 Å². The second kappa shape index (κ2) is 6.89. The standard InChI is InChI=1S/C13H26O3/c1-6-8-10(9-7-2)13(3,4)11(14)12(15)16-5/h10-11,14H,6-9H2,1-5H3. The van der Waals surface area contributed by atoms with Gasteiger partial charge in [-0.25, -0.2) is 4.79 Å². The van der Waals surface area contributed by atoms with E-state index in [0.29, 0.717) is 5.92 Å². The predicted octanol–water partition coefficient (Wildman–Crippen LogP) is 2.76. The zero-order valence-electron chi connectivity index (χ0n) is 11.2. The molecule has 0 bridgehead atoms. The minimum Gasteiger partial charge on any atom is -0.467 e. The van der Waals surface area contributed by atoms with Crippen molar-refractivity contribution in [1.82, 2.24) is 0 Å². The van der Waals surface area contributed by atoms with Gasteiger partial charge >= 0.3 is 5.97 Å². The highest BCUT2D eigenvalue weighted by Crippen LogP contribution is 2.37.